The maximum atomic E-state index is 13.0. The van der Waals surface area contributed by atoms with Crippen molar-refractivity contribution in [2.45, 2.75) is 6.04 Å². The molecular formula is C19H15FN4O3. The van der Waals surface area contributed by atoms with Gasteiger partial charge in [-0.15, -0.1) is 0 Å². The van der Waals surface area contributed by atoms with Gasteiger partial charge in [-0.2, -0.15) is 4.98 Å². The van der Waals surface area contributed by atoms with Gasteiger partial charge in [-0.05, 0) is 30.3 Å². The third-order valence-electron chi connectivity index (χ3n) is 4.16. The van der Waals surface area contributed by atoms with E-state index in [-0.39, 0.29) is 11.5 Å². The number of hydrogen-bond donors (Lipinski definition) is 3. The van der Waals surface area contributed by atoms with Gasteiger partial charge < -0.3 is 19.9 Å². The number of H-pyrrole nitrogens is 1. The van der Waals surface area contributed by atoms with E-state index in [2.05, 4.69) is 20.4 Å². The summed E-state index contributed by atoms with van der Waals surface area (Å²) < 4.78 is 18.2. The van der Waals surface area contributed by atoms with E-state index in [1.54, 1.807) is 6.20 Å². The molecule has 0 fully saturated rings. The van der Waals surface area contributed by atoms with Gasteiger partial charge in [0.25, 0.3) is 11.8 Å². The highest BCUT2D eigenvalue weighted by Gasteiger charge is 2.22. The van der Waals surface area contributed by atoms with Crippen molar-refractivity contribution < 1.29 is 18.8 Å². The lowest BCUT2D eigenvalue weighted by atomic mass is 10.1. The molecule has 0 unspecified atom stereocenters. The first-order valence-electron chi connectivity index (χ1n) is 8.23. The number of para-hydroxylation sites is 1. The van der Waals surface area contributed by atoms with Gasteiger partial charge in [0.05, 0.1) is 6.61 Å². The number of nitrogens with one attached hydrogen (secondary N) is 2. The van der Waals surface area contributed by atoms with Crippen molar-refractivity contribution >= 4 is 16.8 Å². The van der Waals surface area contributed by atoms with E-state index in [0.717, 1.165) is 16.5 Å². The first-order valence-corrected chi connectivity index (χ1v) is 8.23. The molecule has 0 aliphatic heterocycles. The Morgan fingerprint density at radius 3 is 2.78 bits per heavy atom. The standard InChI is InChI=1S/C19H15FN4O3/c20-12-7-5-11(6-8-12)18(26)22-16(10-25)19-23-17(24-27-19)14-9-21-15-4-2-1-3-13(14)15/h1-9,16,21,25H,10H2,(H,22,26)/t16-/m0/s1. The highest BCUT2D eigenvalue weighted by atomic mass is 19.1. The van der Waals surface area contributed by atoms with Gasteiger partial charge in [-0.1, -0.05) is 23.4 Å². The van der Waals surface area contributed by atoms with E-state index in [4.69, 9.17) is 4.52 Å². The van der Waals surface area contributed by atoms with Gasteiger partial charge in [-0.25, -0.2) is 4.39 Å². The molecule has 8 heteroatoms. The maximum Gasteiger partial charge on any atom is 0.251 e. The molecule has 0 spiro atoms. The van der Waals surface area contributed by atoms with Gasteiger partial charge in [-0.3, -0.25) is 4.79 Å². The summed E-state index contributed by atoms with van der Waals surface area (Å²) in [5.74, 6) is -0.503. The Morgan fingerprint density at radius 1 is 1.22 bits per heavy atom. The maximum absolute atomic E-state index is 13.0. The predicted octanol–water partition coefficient (Wildman–Crippen LogP) is 2.82. The van der Waals surface area contributed by atoms with Crippen LogP contribution in [0.3, 0.4) is 0 Å². The van der Waals surface area contributed by atoms with Crippen molar-refractivity contribution in [2.24, 2.45) is 0 Å². The largest absolute Gasteiger partial charge is 0.394 e. The van der Waals surface area contributed by atoms with Crippen molar-refractivity contribution in [3.8, 4) is 11.4 Å². The average Bonchev–Trinajstić information content (AvgIpc) is 3.33. The molecule has 0 bridgehead atoms. The number of halogens is 1. The van der Waals surface area contributed by atoms with Crippen LogP contribution in [0, 0.1) is 5.82 Å². The molecular weight excluding hydrogens is 351 g/mol. The van der Waals surface area contributed by atoms with Crippen molar-refractivity contribution in [1.29, 1.82) is 0 Å². The van der Waals surface area contributed by atoms with E-state index in [1.165, 1.54) is 24.3 Å². The van der Waals surface area contributed by atoms with E-state index in [0.29, 0.717) is 5.82 Å². The van der Waals surface area contributed by atoms with Crippen LogP contribution in [0.15, 0.2) is 59.3 Å². The molecule has 1 atom stereocenters. The number of aromatic amines is 1. The number of amides is 1. The highest BCUT2D eigenvalue weighted by Crippen LogP contribution is 2.27. The van der Waals surface area contributed by atoms with Gasteiger partial charge in [0.15, 0.2) is 0 Å². The third kappa shape index (κ3) is 3.30. The van der Waals surface area contributed by atoms with Crippen molar-refractivity contribution in [3.05, 3.63) is 72.0 Å². The van der Waals surface area contributed by atoms with Gasteiger partial charge in [0, 0.05) is 28.2 Å². The second-order valence-corrected chi connectivity index (χ2v) is 5.92. The number of benzene rings is 2. The Kier molecular flexibility index (Phi) is 4.39. The zero-order valence-electron chi connectivity index (χ0n) is 14.0. The molecule has 136 valence electrons. The first kappa shape index (κ1) is 16.9. The van der Waals surface area contributed by atoms with Gasteiger partial charge >= 0.3 is 0 Å². The number of aromatic nitrogens is 3. The van der Waals surface area contributed by atoms with Crippen LogP contribution < -0.4 is 5.32 Å². The monoisotopic (exact) mass is 366 g/mol. The molecule has 0 saturated carbocycles. The fourth-order valence-electron chi connectivity index (χ4n) is 2.77. The summed E-state index contributed by atoms with van der Waals surface area (Å²) in [6, 6.07) is 11.9. The van der Waals surface area contributed by atoms with E-state index in [1.807, 2.05) is 24.3 Å². The number of aliphatic hydroxyl groups is 1. The molecule has 3 N–H and O–H groups in total. The molecule has 2 heterocycles. The Hall–Kier alpha value is -3.52. The molecule has 0 radical (unpaired) electrons. The Bertz CT molecular complexity index is 1090. The van der Waals surface area contributed by atoms with Crippen LogP contribution >= 0.6 is 0 Å². The first-order chi connectivity index (χ1) is 13.2. The topological polar surface area (TPSA) is 104 Å². The minimum atomic E-state index is -0.881. The zero-order chi connectivity index (χ0) is 18.8. The summed E-state index contributed by atoms with van der Waals surface area (Å²) in [6.07, 6.45) is 1.77. The summed E-state index contributed by atoms with van der Waals surface area (Å²) in [6.45, 7) is -0.428. The summed E-state index contributed by atoms with van der Waals surface area (Å²) in [5.41, 5.74) is 1.94. The van der Waals surface area contributed by atoms with Crippen LogP contribution in [0.25, 0.3) is 22.3 Å². The fraction of sp³-hybridized carbons (Fsp3) is 0.105. The number of carbonyl (C=O) groups is 1. The van der Waals surface area contributed by atoms with Crippen molar-refractivity contribution in [3.63, 3.8) is 0 Å². The number of fused-ring (bicyclic) bond motifs is 1. The molecule has 4 aromatic rings. The summed E-state index contributed by atoms with van der Waals surface area (Å²) >= 11 is 0. The lowest BCUT2D eigenvalue weighted by Gasteiger charge is -2.12. The lowest BCUT2D eigenvalue weighted by Crippen LogP contribution is -2.31. The van der Waals surface area contributed by atoms with Crippen LogP contribution in [-0.4, -0.2) is 32.7 Å². The van der Waals surface area contributed by atoms with Crippen LogP contribution in [0.4, 0.5) is 4.39 Å². The van der Waals surface area contributed by atoms with Crippen molar-refractivity contribution in [1.82, 2.24) is 20.4 Å². The van der Waals surface area contributed by atoms with Crippen LogP contribution in [0.5, 0.6) is 0 Å². The van der Waals surface area contributed by atoms with Gasteiger partial charge in [0.2, 0.25) is 5.82 Å². The third-order valence-corrected chi connectivity index (χ3v) is 4.16. The Balaban J connectivity index is 1.57. The van der Waals surface area contributed by atoms with Crippen LogP contribution in [-0.2, 0) is 0 Å². The smallest absolute Gasteiger partial charge is 0.251 e. The Morgan fingerprint density at radius 2 is 2.00 bits per heavy atom. The molecule has 27 heavy (non-hydrogen) atoms. The fourth-order valence-corrected chi connectivity index (χ4v) is 2.77. The summed E-state index contributed by atoms with van der Waals surface area (Å²) in [7, 11) is 0. The number of carbonyl (C=O) groups excluding carboxylic acids is 1. The summed E-state index contributed by atoms with van der Waals surface area (Å²) in [5, 5.41) is 17.1. The molecule has 0 aliphatic carbocycles. The minimum Gasteiger partial charge on any atom is -0.394 e. The molecule has 4 rings (SSSR count). The Labute approximate surface area is 152 Å². The molecule has 2 aromatic heterocycles. The number of hydrogen-bond acceptors (Lipinski definition) is 5. The molecule has 0 saturated heterocycles. The predicted molar refractivity (Wildman–Crippen MR) is 95.3 cm³/mol. The minimum absolute atomic E-state index is 0.0771. The average molecular weight is 366 g/mol. The van der Waals surface area contributed by atoms with E-state index in [9.17, 15) is 14.3 Å². The lowest BCUT2D eigenvalue weighted by molar-refractivity contribution is 0.0901. The molecule has 1 amide bonds. The van der Waals surface area contributed by atoms with E-state index < -0.39 is 24.4 Å². The zero-order valence-corrected chi connectivity index (χ0v) is 14.0. The molecule has 2 aromatic carbocycles. The highest BCUT2D eigenvalue weighted by molar-refractivity contribution is 5.94. The second kappa shape index (κ2) is 7.00. The SMILES string of the molecule is O=C(N[C@@H](CO)c1nc(-c2c[nH]c3ccccc23)no1)c1ccc(F)cc1. The van der Waals surface area contributed by atoms with Crippen LogP contribution in [0.1, 0.15) is 22.3 Å². The molecule has 0 aliphatic rings. The second-order valence-electron chi connectivity index (χ2n) is 5.92. The van der Waals surface area contributed by atoms with Gasteiger partial charge in [0.1, 0.15) is 11.9 Å². The van der Waals surface area contributed by atoms with Crippen molar-refractivity contribution in [2.75, 3.05) is 6.61 Å². The number of rotatable bonds is 5. The molecule has 7 nitrogen and oxygen atoms in total. The number of nitrogens with zero attached hydrogens (tertiary/aromatic N) is 2. The quantitative estimate of drug-likeness (QED) is 0.504. The van der Waals surface area contributed by atoms with Crippen LogP contribution in [0.2, 0.25) is 0 Å². The normalized spacial score (nSPS) is 12.2. The van der Waals surface area contributed by atoms with E-state index >= 15 is 0 Å². The summed E-state index contributed by atoms with van der Waals surface area (Å²) in [4.78, 5) is 19.7. The number of aliphatic hydroxyl groups excluding tert-OH is 1.